The standard InChI is InChI=1S/C21H21N7O2/c1-13-18(14(2)30-28-13)11-24-21(29)16-4-3-5-17(10-16)23-12-19-25-20(27-26-19)15-6-8-22-9-7-15/h3-10,23H,11-12H2,1-2H3,(H,24,29)(H,25,26,27). The average molecular weight is 403 g/mol. The molecule has 4 aromatic rings. The van der Waals surface area contributed by atoms with Crippen LogP contribution in [0.4, 0.5) is 5.69 Å². The van der Waals surface area contributed by atoms with Gasteiger partial charge in [-0.3, -0.25) is 9.78 Å². The minimum absolute atomic E-state index is 0.168. The van der Waals surface area contributed by atoms with Crippen LogP contribution in [0.25, 0.3) is 11.4 Å². The molecule has 0 aliphatic heterocycles. The van der Waals surface area contributed by atoms with E-state index < -0.39 is 0 Å². The van der Waals surface area contributed by atoms with Crippen molar-refractivity contribution in [3.8, 4) is 11.4 Å². The van der Waals surface area contributed by atoms with Crippen LogP contribution in [0.1, 0.15) is 33.2 Å². The Morgan fingerprint density at radius 3 is 2.70 bits per heavy atom. The third kappa shape index (κ3) is 4.35. The van der Waals surface area contributed by atoms with E-state index in [2.05, 4.69) is 36.0 Å². The summed E-state index contributed by atoms with van der Waals surface area (Å²) >= 11 is 0. The van der Waals surface area contributed by atoms with E-state index in [-0.39, 0.29) is 5.91 Å². The highest BCUT2D eigenvalue weighted by molar-refractivity contribution is 5.95. The predicted molar refractivity (Wildman–Crippen MR) is 111 cm³/mol. The number of hydrogen-bond acceptors (Lipinski definition) is 7. The molecule has 1 aromatic carbocycles. The second-order valence-corrected chi connectivity index (χ2v) is 6.78. The van der Waals surface area contributed by atoms with Crippen LogP contribution in [-0.2, 0) is 13.1 Å². The molecule has 3 N–H and O–H groups in total. The molecule has 0 saturated carbocycles. The first-order chi connectivity index (χ1) is 14.6. The molecule has 0 unspecified atom stereocenters. The fourth-order valence-electron chi connectivity index (χ4n) is 3.00. The predicted octanol–water partition coefficient (Wildman–Crippen LogP) is 3.01. The lowest BCUT2D eigenvalue weighted by Gasteiger charge is -2.08. The number of aromatic nitrogens is 5. The second kappa shape index (κ2) is 8.56. The smallest absolute Gasteiger partial charge is 0.251 e. The van der Waals surface area contributed by atoms with E-state index in [1.807, 2.05) is 38.1 Å². The monoisotopic (exact) mass is 403 g/mol. The van der Waals surface area contributed by atoms with Crippen LogP contribution in [0.3, 0.4) is 0 Å². The van der Waals surface area contributed by atoms with Gasteiger partial charge in [0.1, 0.15) is 11.6 Å². The summed E-state index contributed by atoms with van der Waals surface area (Å²) in [5.74, 6) is 1.91. The number of H-pyrrole nitrogens is 1. The van der Waals surface area contributed by atoms with Crippen molar-refractivity contribution < 1.29 is 9.32 Å². The Hall–Kier alpha value is -4.01. The highest BCUT2D eigenvalue weighted by Crippen LogP contribution is 2.15. The number of nitrogens with one attached hydrogen (secondary N) is 3. The lowest BCUT2D eigenvalue weighted by Crippen LogP contribution is -2.23. The first kappa shape index (κ1) is 19.3. The largest absolute Gasteiger partial charge is 0.378 e. The SMILES string of the molecule is Cc1noc(C)c1CNC(=O)c1cccc(NCc2nnc(-c3ccncc3)[nH]2)c1. The molecule has 0 radical (unpaired) electrons. The molecular weight excluding hydrogens is 382 g/mol. The molecule has 9 nitrogen and oxygen atoms in total. The van der Waals surface area contributed by atoms with Gasteiger partial charge in [-0.2, -0.15) is 0 Å². The van der Waals surface area contributed by atoms with Crippen LogP contribution < -0.4 is 10.6 Å². The first-order valence-corrected chi connectivity index (χ1v) is 9.46. The molecule has 0 saturated heterocycles. The fraction of sp³-hybridized carbons (Fsp3) is 0.190. The van der Waals surface area contributed by atoms with Gasteiger partial charge in [0.2, 0.25) is 0 Å². The zero-order chi connectivity index (χ0) is 20.9. The van der Waals surface area contributed by atoms with Gasteiger partial charge in [-0.15, -0.1) is 10.2 Å². The summed E-state index contributed by atoms with van der Waals surface area (Å²) in [4.78, 5) is 19.7. The minimum Gasteiger partial charge on any atom is -0.378 e. The first-order valence-electron chi connectivity index (χ1n) is 9.46. The number of aromatic amines is 1. The number of anilines is 1. The van der Waals surface area contributed by atoms with Gasteiger partial charge < -0.3 is 20.1 Å². The van der Waals surface area contributed by atoms with Crippen LogP contribution in [0, 0.1) is 13.8 Å². The number of rotatable bonds is 7. The van der Waals surface area contributed by atoms with Gasteiger partial charge in [0.25, 0.3) is 5.91 Å². The number of pyridine rings is 1. The van der Waals surface area contributed by atoms with Crippen molar-refractivity contribution in [1.82, 2.24) is 30.6 Å². The third-order valence-corrected chi connectivity index (χ3v) is 4.68. The molecule has 0 spiro atoms. The molecule has 9 heteroatoms. The second-order valence-electron chi connectivity index (χ2n) is 6.78. The molecular formula is C21H21N7O2. The van der Waals surface area contributed by atoms with Crippen molar-refractivity contribution in [2.45, 2.75) is 26.9 Å². The average Bonchev–Trinajstić information content (AvgIpc) is 3.38. The summed E-state index contributed by atoms with van der Waals surface area (Å²) < 4.78 is 5.13. The number of nitrogens with zero attached hydrogens (tertiary/aromatic N) is 4. The summed E-state index contributed by atoms with van der Waals surface area (Å²) in [5.41, 5.74) is 3.96. The zero-order valence-corrected chi connectivity index (χ0v) is 16.6. The maximum Gasteiger partial charge on any atom is 0.251 e. The highest BCUT2D eigenvalue weighted by Gasteiger charge is 2.12. The van der Waals surface area contributed by atoms with Gasteiger partial charge in [-0.05, 0) is 44.2 Å². The summed E-state index contributed by atoms with van der Waals surface area (Å²) in [7, 11) is 0. The fourth-order valence-corrected chi connectivity index (χ4v) is 3.00. The number of carbonyl (C=O) groups excluding carboxylic acids is 1. The number of aryl methyl sites for hydroxylation is 2. The molecule has 3 heterocycles. The lowest BCUT2D eigenvalue weighted by atomic mass is 10.1. The number of hydrogen-bond donors (Lipinski definition) is 3. The Bertz CT molecular complexity index is 1130. The molecule has 0 aliphatic carbocycles. The van der Waals surface area contributed by atoms with Gasteiger partial charge in [-0.1, -0.05) is 11.2 Å². The van der Waals surface area contributed by atoms with Crippen LogP contribution in [0.15, 0.2) is 53.3 Å². The van der Waals surface area contributed by atoms with Crippen molar-refractivity contribution in [2.24, 2.45) is 0 Å². The minimum atomic E-state index is -0.168. The lowest BCUT2D eigenvalue weighted by molar-refractivity contribution is 0.0951. The topological polar surface area (TPSA) is 122 Å². The number of carbonyl (C=O) groups is 1. The quantitative estimate of drug-likeness (QED) is 0.433. The highest BCUT2D eigenvalue weighted by atomic mass is 16.5. The third-order valence-electron chi connectivity index (χ3n) is 4.68. The number of benzene rings is 1. The Morgan fingerprint density at radius 1 is 1.10 bits per heavy atom. The molecule has 0 bridgehead atoms. The van der Waals surface area contributed by atoms with E-state index in [1.165, 1.54) is 0 Å². The molecule has 152 valence electrons. The van der Waals surface area contributed by atoms with Gasteiger partial charge in [-0.25, -0.2) is 0 Å². The maximum absolute atomic E-state index is 12.5. The molecule has 0 aliphatic rings. The molecule has 4 rings (SSSR count). The number of amides is 1. The van der Waals surface area contributed by atoms with Crippen molar-refractivity contribution in [2.75, 3.05) is 5.32 Å². The Kier molecular flexibility index (Phi) is 5.51. The zero-order valence-electron chi connectivity index (χ0n) is 16.6. The van der Waals surface area contributed by atoms with Crippen LogP contribution in [-0.4, -0.2) is 31.2 Å². The molecule has 30 heavy (non-hydrogen) atoms. The van der Waals surface area contributed by atoms with Gasteiger partial charge >= 0.3 is 0 Å². The normalized spacial score (nSPS) is 10.7. The summed E-state index contributed by atoms with van der Waals surface area (Å²) in [6.07, 6.45) is 3.41. The van der Waals surface area contributed by atoms with Gasteiger partial charge in [0, 0.05) is 41.3 Å². The molecule has 0 fully saturated rings. The van der Waals surface area contributed by atoms with Crippen molar-refractivity contribution in [3.63, 3.8) is 0 Å². The summed E-state index contributed by atoms with van der Waals surface area (Å²) in [6, 6.07) is 11.0. The molecule has 3 aromatic heterocycles. The van der Waals surface area contributed by atoms with E-state index in [1.54, 1.807) is 24.5 Å². The van der Waals surface area contributed by atoms with Crippen molar-refractivity contribution >= 4 is 11.6 Å². The Balaban J connectivity index is 1.36. The van der Waals surface area contributed by atoms with E-state index >= 15 is 0 Å². The van der Waals surface area contributed by atoms with Crippen LogP contribution >= 0.6 is 0 Å². The van der Waals surface area contributed by atoms with Crippen molar-refractivity contribution in [3.05, 3.63) is 77.2 Å². The summed E-state index contributed by atoms with van der Waals surface area (Å²) in [6.45, 7) is 4.50. The van der Waals surface area contributed by atoms with E-state index in [0.29, 0.717) is 36.1 Å². The molecule has 1 amide bonds. The maximum atomic E-state index is 12.5. The van der Waals surface area contributed by atoms with Crippen LogP contribution in [0.5, 0.6) is 0 Å². The summed E-state index contributed by atoms with van der Waals surface area (Å²) in [5, 5.41) is 18.4. The van der Waals surface area contributed by atoms with Crippen LogP contribution in [0.2, 0.25) is 0 Å². The Labute approximate surface area is 172 Å². The van der Waals surface area contributed by atoms with E-state index in [4.69, 9.17) is 4.52 Å². The van der Waals surface area contributed by atoms with E-state index in [9.17, 15) is 4.79 Å². The molecule has 0 atom stereocenters. The Morgan fingerprint density at radius 2 is 1.93 bits per heavy atom. The van der Waals surface area contributed by atoms with E-state index in [0.717, 1.165) is 22.5 Å². The van der Waals surface area contributed by atoms with Gasteiger partial charge in [0.05, 0.1) is 12.2 Å². The van der Waals surface area contributed by atoms with Crippen molar-refractivity contribution in [1.29, 1.82) is 0 Å². The van der Waals surface area contributed by atoms with Gasteiger partial charge in [0.15, 0.2) is 5.82 Å².